The van der Waals surface area contributed by atoms with Crippen LogP contribution < -0.4 is 9.62 Å². The molecule has 0 aliphatic heterocycles. The van der Waals surface area contributed by atoms with E-state index in [0.717, 1.165) is 16.1 Å². The van der Waals surface area contributed by atoms with E-state index in [2.05, 4.69) is 5.32 Å². The molecular formula is C17H18Cl2N2O3S. The van der Waals surface area contributed by atoms with Gasteiger partial charge in [0.15, 0.2) is 0 Å². The van der Waals surface area contributed by atoms with E-state index in [4.69, 9.17) is 23.2 Å². The molecule has 8 heteroatoms. The first-order valence-corrected chi connectivity index (χ1v) is 10.0. The highest BCUT2D eigenvalue weighted by Crippen LogP contribution is 2.32. The van der Waals surface area contributed by atoms with Crippen molar-refractivity contribution in [1.29, 1.82) is 0 Å². The third-order valence-corrected chi connectivity index (χ3v) is 5.30. The van der Waals surface area contributed by atoms with Gasteiger partial charge < -0.3 is 5.32 Å². The quantitative estimate of drug-likeness (QED) is 0.821. The fraction of sp³-hybridized carbons (Fsp3) is 0.235. The number of hydrogen-bond donors (Lipinski definition) is 1. The number of sulfonamides is 1. The number of carbonyl (C=O) groups excluding carboxylic acids is 1. The predicted octanol–water partition coefficient (Wildman–Crippen LogP) is 4.10. The third kappa shape index (κ3) is 4.87. The van der Waals surface area contributed by atoms with Gasteiger partial charge in [-0.2, -0.15) is 0 Å². The molecule has 0 saturated heterocycles. The van der Waals surface area contributed by atoms with E-state index in [-0.39, 0.29) is 10.7 Å². The lowest BCUT2D eigenvalue weighted by atomic mass is 10.2. The van der Waals surface area contributed by atoms with Gasteiger partial charge in [0.1, 0.15) is 6.04 Å². The summed E-state index contributed by atoms with van der Waals surface area (Å²) in [7, 11) is -3.77. The first-order chi connectivity index (χ1) is 11.6. The summed E-state index contributed by atoms with van der Waals surface area (Å²) < 4.78 is 25.5. The van der Waals surface area contributed by atoms with E-state index < -0.39 is 22.0 Å². The Morgan fingerprint density at radius 1 is 1.16 bits per heavy atom. The van der Waals surface area contributed by atoms with Crippen LogP contribution in [0.25, 0.3) is 0 Å². The van der Waals surface area contributed by atoms with E-state index in [0.29, 0.717) is 10.7 Å². The number of carbonyl (C=O) groups is 1. The molecule has 0 aromatic heterocycles. The Balaban J connectivity index is 2.38. The summed E-state index contributed by atoms with van der Waals surface area (Å²) in [6, 6.07) is 10.7. The van der Waals surface area contributed by atoms with Gasteiger partial charge in [0, 0.05) is 10.7 Å². The summed E-state index contributed by atoms with van der Waals surface area (Å²) in [5.41, 5.74) is 1.72. The number of hydrogen-bond acceptors (Lipinski definition) is 3. The number of amides is 1. The zero-order valence-electron chi connectivity index (χ0n) is 14.0. The van der Waals surface area contributed by atoms with Gasteiger partial charge in [-0.15, -0.1) is 0 Å². The number of benzene rings is 2. The highest BCUT2D eigenvalue weighted by Gasteiger charge is 2.30. The number of nitrogens with one attached hydrogen (secondary N) is 1. The summed E-state index contributed by atoms with van der Waals surface area (Å²) in [6.45, 7) is 3.39. The summed E-state index contributed by atoms with van der Waals surface area (Å²) in [4.78, 5) is 12.6. The maximum atomic E-state index is 12.6. The second-order valence-electron chi connectivity index (χ2n) is 5.69. The van der Waals surface area contributed by atoms with Gasteiger partial charge in [0.25, 0.3) is 0 Å². The first kappa shape index (κ1) is 19.6. The van der Waals surface area contributed by atoms with Crippen molar-refractivity contribution < 1.29 is 13.2 Å². The largest absolute Gasteiger partial charge is 0.324 e. The van der Waals surface area contributed by atoms with Crippen LogP contribution in [0.5, 0.6) is 0 Å². The average Bonchev–Trinajstić information content (AvgIpc) is 2.49. The monoisotopic (exact) mass is 400 g/mol. The van der Waals surface area contributed by atoms with Crippen LogP contribution in [0.4, 0.5) is 11.4 Å². The molecule has 0 spiro atoms. The Morgan fingerprint density at radius 3 is 2.44 bits per heavy atom. The lowest BCUT2D eigenvalue weighted by Gasteiger charge is -2.29. The van der Waals surface area contributed by atoms with Crippen LogP contribution in [-0.2, 0) is 14.8 Å². The SMILES string of the molecule is Cc1cccc(NC(=O)[C@@H](C)N(c2cc(Cl)ccc2Cl)S(C)(=O)=O)c1. The lowest BCUT2D eigenvalue weighted by Crippen LogP contribution is -2.45. The van der Waals surface area contributed by atoms with Crippen molar-refractivity contribution in [1.82, 2.24) is 0 Å². The minimum atomic E-state index is -3.77. The Bertz CT molecular complexity index is 901. The fourth-order valence-electron chi connectivity index (χ4n) is 2.41. The van der Waals surface area contributed by atoms with Crippen molar-refractivity contribution in [2.45, 2.75) is 19.9 Å². The lowest BCUT2D eigenvalue weighted by molar-refractivity contribution is -0.116. The van der Waals surface area contributed by atoms with Crippen LogP contribution in [-0.4, -0.2) is 26.6 Å². The van der Waals surface area contributed by atoms with Crippen LogP contribution in [0.15, 0.2) is 42.5 Å². The Labute approximate surface area is 157 Å². The van der Waals surface area contributed by atoms with Crippen LogP contribution in [0.2, 0.25) is 10.0 Å². The fourth-order valence-corrected chi connectivity index (χ4v) is 4.01. The second-order valence-corrected chi connectivity index (χ2v) is 8.39. The maximum Gasteiger partial charge on any atom is 0.247 e. The zero-order chi connectivity index (χ0) is 18.8. The standard InChI is InChI=1S/C17H18Cl2N2O3S/c1-11-5-4-6-14(9-11)20-17(22)12(2)21(25(3,23)24)16-10-13(18)7-8-15(16)19/h4-10,12H,1-3H3,(H,20,22)/t12-/m1/s1. The van der Waals surface area contributed by atoms with Crippen molar-refractivity contribution in [3.8, 4) is 0 Å². The second kappa shape index (κ2) is 7.64. The summed E-state index contributed by atoms with van der Waals surface area (Å²) in [6.07, 6.45) is 1.01. The van der Waals surface area contributed by atoms with Gasteiger partial charge in [-0.1, -0.05) is 35.3 Å². The Morgan fingerprint density at radius 2 is 1.84 bits per heavy atom. The Hall–Kier alpha value is -1.76. The third-order valence-electron chi connectivity index (χ3n) is 3.52. The molecule has 0 aliphatic rings. The van der Waals surface area contributed by atoms with Gasteiger partial charge >= 0.3 is 0 Å². The van der Waals surface area contributed by atoms with Gasteiger partial charge in [-0.05, 0) is 49.7 Å². The molecular weight excluding hydrogens is 383 g/mol. The molecule has 0 radical (unpaired) electrons. The molecule has 0 unspecified atom stereocenters. The predicted molar refractivity (Wildman–Crippen MR) is 103 cm³/mol. The Kier molecular flexibility index (Phi) is 5.98. The molecule has 134 valence electrons. The molecule has 0 saturated carbocycles. The molecule has 5 nitrogen and oxygen atoms in total. The highest BCUT2D eigenvalue weighted by atomic mass is 35.5. The van der Waals surface area contributed by atoms with Gasteiger partial charge in [0.2, 0.25) is 15.9 Å². The van der Waals surface area contributed by atoms with Gasteiger partial charge in [-0.25, -0.2) is 8.42 Å². The number of nitrogens with zero attached hydrogens (tertiary/aromatic N) is 1. The summed E-state index contributed by atoms with van der Waals surface area (Å²) >= 11 is 12.1. The highest BCUT2D eigenvalue weighted by molar-refractivity contribution is 7.92. The minimum absolute atomic E-state index is 0.156. The van der Waals surface area contributed by atoms with E-state index in [1.165, 1.54) is 19.1 Å². The van der Waals surface area contributed by atoms with Crippen LogP contribution >= 0.6 is 23.2 Å². The van der Waals surface area contributed by atoms with Crippen molar-refractivity contribution in [3.63, 3.8) is 0 Å². The number of halogens is 2. The van der Waals surface area contributed by atoms with Crippen molar-refractivity contribution in [3.05, 3.63) is 58.1 Å². The number of rotatable bonds is 5. The molecule has 1 atom stereocenters. The molecule has 25 heavy (non-hydrogen) atoms. The molecule has 2 rings (SSSR count). The molecule has 0 bridgehead atoms. The first-order valence-electron chi connectivity index (χ1n) is 7.41. The van der Waals surface area contributed by atoms with E-state index in [9.17, 15) is 13.2 Å². The minimum Gasteiger partial charge on any atom is -0.324 e. The average molecular weight is 401 g/mol. The zero-order valence-corrected chi connectivity index (χ0v) is 16.3. The molecule has 2 aromatic rings. The molecule has 1 amide bonds. The molecule has 0 aliphatic carbocycles. The number of anilines is 2. The maximum absolute atomic E-state index is 12.6. The topological polar surface area (TPSA) is 66.5 Å². The van der Waals surface area contributed by atoms with E-state index in [1.54, 1.807) is 24.3 Å². The molecule has 0 heterocycles. The van der Waals surface area contributed by atoms with Crippen LogP contribution in [0.3, 0.4) is 0 Å². The summed E-state index contributed by atoms with van der Waals surface area (Å²) in [5, 5.41) is 3.22. The van der Waals surface area contributed by atoms with Crippen LogP contribution in [0.1, 0.15) is 12.5 Å². The molecule has 2 aromatic carbocycles. The van der Waals surface area contributed by atoms with E-state index >= 15 is 0 Å². The molecule has 0 fully saturated rings. The molecule has 1 N–H and O–H groups in total. The normalized spacial score (nSPS) is 12.5. The van der Waals surface area contributed by atoms with E-state index in [1.807, 2.05) is 13.0 Å². The summed E-state index contributed by atoms with van der Waals surface area (Å²) in [5.74, 6) is -0.480. The van der Waals surface area contributed by atoms with Crippen LogP contribution in [0, 0.1) is 6.92 Å². The van der Waals surface area contributed by atoms with Gasteiger partial charge in [0.05, 0.1) is 17.0 Å². The van der Waals surface area contributed by atoms with Gasteiger partial charge in [-0.3, -0.25) is 9.10 Å². The smallest absolute Gasteiger partial charge is 0.247 e. The van der Waals surface area contributed by atoms with Crippen molar-refractivity contribution in [2.75, 3.05) is 15.9 Å². The number of aryl methyl sites for hydroxylation is 1. The van der Waals surface area contributed by atoms with Crippen molar-refractivity contribution in [2.24, 2.45) is 0 Å². The van der Waals surface area contributed by atoms with Crippen molar-refractivity contribution >= 4 is 50.5 Å².